The van der Waals surface area contributed by atoms with Crippen LogP contribution in [0.5, 0.6) is 5.88 Å². The Hall–Kier alpha value is -1.99. The molecule has 0 spiro atoms. The number of carbonyl (C=O) groups is 1. The lowest BCUT2D eigenvalue weighted by Crippen LogP contribution is -2.21. The predicted molar refractivity (Wildman–Crippen MR) is 95.3 cm³/mol. The molecule has 132 valence electrons. The fraction of sp³-hybridized carbons (Fsp3) is 0.333. The summed E-state index contributed by atoms with van der Waals surface area (Å²) in [5.41, 5.74) is 0.890. The van der Waals surface area contributed by atoms with E-state index >= 15 is 0 Å². The SMILES string of the molecule is O=C(Nc1ccc(F)cc1Br)c1ccc(OCC2CCOCC2)nc1. The van der Waals surface area contributed by atoms with Gasteiger partial charge >= 0.3 is 0 Å². The lowest BCUT2D eigenvalue weighted by molar-refractivity contribution is 0.0490. The Bertz CT molecular complexity index is 734. The van der Waals surface area contributed by atoms with E-state index in [-0.39, 0.29) is 11.7 Å². The molecule has 1 saturated heterocycles. The van der Waals surface area contributed by atoms with Crippen LogP contribution in [0.25, 0.3) is 0 Å². The average Bonchev–Trinajstić information content (AvgIpc) is 2.63. The second kappa shape index (κ2) is 8.40. The molecular formula is C18H18BrFN2O3. The molecule has 1 aliphatic heterocycles. The van der Waals surface area contributed by atoms with Crippen molar-refractivity contribution in [2.24, 2.45) is 5.92 Å². The molecule has 1 aliphatic rings. The second-order valence-corrected chi connectivity index (χ2v) is 6.68. The van der Waals surface area contributed by atoms with E-state index in [0.717, 1.165) is 26.1 Å². The number of hydrogen-bond donors (Lipinski definition) is 1. The fourth-order valence-corrected chi connectivity index (χ4v) is 2.95. The summed E-state index contributed by atoms with van der Waals surface area (Å²) in [6.07, 6.45) is 3.45. The number of benzene rings is 1. The van der Waals surface area contributed by atoms with Crippen LogP contribution in [0.15, 0.2) is 41.0 Å². The third-order valence-corrected chi connectivity index (χ3v) is 4.64. The number of hydrogen-bond acceptors (Lipinski definition) is 4. The van der Waals surface area contributed by atoms with Crippen molar-refractivity contribution in [1.82, 2.24) is 4.98 Å². The minimum absolute atomic E-state index is 0.323. The number of rotatable bonds is 5. The average molecular weight is 409 g/mol. The molecule has 3 rings (SSSR count). The molecule has 1 aromatic carbocycles. The third-order valence-electron chi connectivity index (χ3n) is 3.99. The molecule has 1 amide bonds. The van der Waals surface area contributed by atoms with Crippen molar-refractivity contribution in [3.05, 3.63) is 52.4 Å². The van der Waals surface area contributed by atoms with Crippen LogP contribution in [0.2, 0.25) is 0 Å². The number of ether oxygens (including phenoxy) is 2. The minimum atomic E-state index is -0.377. The number of nitrogens with one attached hydrogen (secondary N) is 1. The maximum Gasteiger partial charge on any atom is 0.257 e. The summed E-state index contributed by atoms with van der Waals surface area (Å²) in [6.45, 7) is 2.16. The first-order chi connectivity index (χ1) is 12.1. The molecule has 25 heavy (non-hydrogen) atoms. The highest BCUT2D eigenvalue weighted by molar-refractivity contribution is 9.10. The van der Waals surface area contributed by atoms with E-state index in [1.165, 1.54) is 24.4 Å². The number of pyridine rings is 1. The zero-order valence-corrected chi connectivity index (χ0v) is 15.1. The van der Waals surface area contributed by atoms with E-state index in [4.69, 9.17) is 9.47 Å². The van der Waals surface area contributed by atoms with Crippen molar-refractivity contribution in [3.63, 3.8) is 0 Å². The van der Waals surface area contributed by atoms with Gasteiger partial charge in [-0.3, -0.25) is 4.79 Å². The molecule has 7 heteroatoms. The Kier molecular flexibility index (Phi) is 5.99. The normalized spacial score (nSPS) is 15.0. The van der Waals surface area contributed by atoms with Gasteiger partial charge in [0, 0.05) is 29.9 Å². The summed E-state index contributed by atoms with van der Waals surface area (Å²) in [5, 5.41) is 2.71. The third kappa shape index (κ3) is 4.99. The Morgan fingerprint density at radius 1 is 1.32 bits per heavy atom. The maximum absolute atomic E-state index is 13.1. The highest BCUT2D eigenvalue weighted by atomic mass is 79.9. The topological polar surface area (TPSA) is 60.5 Å². The van der Waals surface area contributed by atoms with Crippen LogP contribution < -0.4 is 10.1 Å². The van der Waals surface area contributed by atoms with Gasteiger partial charge in [0.2, 0.25) is 5.88 Å². The lowest BCUT2D eigenvalue weighted by atomic mass is 10.0. The van der Waals surface area contributed by atoms with E-state index in [1.54, 1.807) is 12.1 Å². The van der Waals surface area contributed by atoms with Crippen molar-refractivity contribution < 1.29 is 18.7 Å². The Morgan fingerprint density at radius 2 is 2.12 bits per heavy atom. The molecule has 2 heterocycles. The number of amides is 1. The zero-order chi connectivity index (χ0) is 17.6. The van der Waals surface area contributed by atoms with Crippen molar-refractivity contribution in [2.45, 2.75) is 12.8 Å². The number of nitrogens with zero attached hydrogens (tertiary/aromatic N) is 1. The monoisotopic (exact) mass is 408 g/mol. The summed E-state index contributed by atoms with van der Waals surface area (Å²) in [7, 11) is 0. The number of aromatic nitrogens is 1. The molecule has 0 bridgehead atoms. The van der Waals surface area contributed by atoms with Crippen LogP contribution >= 0.6 is 15.9 Å². The van der Waals surface area contributed by atoms with Crippen molar-refractivity contribution >= 4 is 27.5 Å². The predicted octanol–water partition coefficient (Wildman–Crippen LogP) is 4.04. The molecule has 0 radical (unpaired) electrons. The maximum atomic E-state index is 13.1. The van der Waals surface area contributed by atoms with Crippen molar-refractivity contribution in [1.29, 1.82) is 0 Å². The van der Waals surface area contributed by atoms with Gasteiger partial charge in [-0.15, -0.1) is 0 Å². The van der Waals surface area contributed by atoms with Gasteiger partial charge in [-0.25, -0.2) is 9.37 Å². The van der Waals surface area contributed by atoms with Crippen LogP contribution in [0.3, 0.4) is 0 Å². The van der Waals surface area contributed by atoms with Crippen LogP contribution in [0, 0.1) is 11.7 Å². The van der Waals surface area contributed by atoms with E-state index in [2.05, 4.69) is 26.2 Å². The second-order valence-electron chi connectivity index (χ2n) is 5.83. The first kappa shape index (κ1) is 17.8. The summed E-state index contributed by atoms with van der Waals surface area (Å²) in [4.78, 5) is 16.4. The molecule has 2 aromatic rings. The highest BCUT2D eigenvalue weighted by Crippen LogP contribution is 2.24. The number of halogens is 2. The molecular weight excluding hydrogens is 391 g/mol. The van der Waals surface area contributed by atoms with E-state index in [9.17, 15) is 9.18 Å². The molecule has 0 saturated carbocycles. The van der Waals surface area contributed by atoms with Crippen LogP contribution in [-0.4, -0.2) is 30.7 Å². The fourth-order valence-electron chi connectivity index (χ4n) is 2.50. The molecule has 0 atom stereocenters. The van der Waals surface area contributed by atoms with Gasteiger partial charge in [0.25, 0.3) is 5.91 Å². The van der Waals surface area contributed by atoms with E-state index in [0.29, 0.717) is 34.1 Å². The number of carbonyl (C=O) groups excluding carboxylic acids is 1. The zero-order valence-electron chi connectivity index (χ0n) is 13.5. The van der Waals surface area contributed by atoms with Crippen LogP contribution in [-0.2, 0) is 4.74 Å². The Morgan fingerprint density at radius 3 is 2.80 bits per heavy atom. The Balaban J connectivity index is 1.56. The molecule has 1 fully saturated rings. The summed E-state index contributed by atoms with van der Waals surface area (Å²) < 4.78 is 24.6. The van der Waals surface area contributed by atoms with Crippen LogP contribution in [0.4, 0.5) is 10.1 Å². The van der Waals surface area contributed by atoms with Gasteiger partial charge < -0.3 is 14.8 Å². The van der Waals surface area contributed by atoms with Gasteiger partial charge in [0.05, 0.1) is 17.9 Å². The van der Waals surface area contributed by atoms with Crippen LogP contribution in [0.1, 0.15) is 23.2 Å². The van der Waals surface area contributed by atoms with E-state index < -0.39 is 0 Å². The van der Waals surface area contributed by atoms with Gasteiger partial charge in [-0.1, -0.05) is 0 Å². The number of anilines is 1. The standard InChI is InChI=1S/C18H18BrFN2O3/c19-15-9-14(20)2-3-16(15)22-18(23)13-1-4-17(21-10-13)25-11-12-5-7-24-8-6-12/h1-4,9-10,12H,5-8,11H2,(H,22,23). The smallest absolute Gasteiger partial charge is 0.257 e. The molecule has 0 aliphatic carbocycles. The molecule has 0 unspecified atom stereocenters. The largest absolute Gasteiger partial charge is 0.477 e. The highest BCUT2D eigenvalue weighted by Gasteiger charge is 2.15. The first-order valence-corrected chi connectivity index (χ1v) is 8.84. The summed E-state index contributed by atoms with van der Waals surface area (Å²) >= 11 is 3.22. The van der Waals surface area contributed by atoms with Crippen molar-refractivity contribution in [3.8, 4) is 5.88 Å². The van der Waals surface area contributed by atoms with Gasteiger partial charge in [0.1, 0.15) is 5.82 Å². The van der Waals surface area contributed by atoms with Crippen molar-refractivity contribution in [2.75, 3.05) is 25.1 Å². The van der Waals surface area contributed by atoms with Gasteiger partial charge in [-0.2, -0.15) is 0 Å². The molecule has 1 N–H and O–H groups in total. The van der Waals surface area contributed by atoms with Gasteiger partial charge in [-0.05, 0) is 59.0 Å². The summed E-state index contributed by atoms with van der Waals surface area (Å²) in [5.74, 6) is 0.272. The molecule has 5 nitrogen and oxygen atoms in total. The Labute approximate surface area is 153 Å². The summed E-state index contributed by atoms with van der Waals surface area (Å²) in [6, 6.07) is 7.40. The molecule has 1 aromatic heterocycles. The van der Waals surface area contributed by atoms with Gasteiger partial charge in [0.15, 0.2) is 0 Å². The van der Waals surface area contributed by atoms with E-state index in [1.807, 2.05) is 0 Å². The minimum Gasteiger partial charge on any atom is -0.477 e. The lowest BCUT2D eigenvalue weighted by Gasteiger charge is -2.21. The first-order valence-electron chi connectivity index (χ1n) is 8.05. The quantitative estimate of drug-likeness (QED) is 0.810.